The van der Waals surface area contributed by atoms with E-state index in [4.69, 9.17) is 26.4 Å². The first-order chi connectivity index (χ1) is 14.7. The zero-order chi connectivity index (χ0) is 22.5. The van der Waals surface area contributed by atoms with Crippen molar-refractivity contribution < 1.29 is 19.0 Å². The minimum Gasteiger partial charge on any atom is -0.464 e. The molecular formula is C23H29NO4S3. The van der Waals surface area contributed by atoms with Crippen LogP contribution in [0.4, 0.5) is 4.79 Å². The third-order valence-corrected chi connectivity index (χ3v) is 7.00. The molecule has 0 saturated carbocycles. The third kappa shape index (κ3) is 6.00. The van der Waals surface area contributed by atoms with Crippen molar-refractivity contribution in [3.8, 4) is 0 Å². The molecule has 0 N–H and O–H groups in total. The summed E-state index contributed by atoms with van der Waals surface area (Å²) in [5.41, 5.74) is -0.401. The normalized spacial score (nSPS) is 18.8. The van der Waals surface area contributed by atoms with E-state index >= 15 is 0 Å². The molecule has 2 atom stereocenters. The largest absolute Gasteiger partial charge is 0.464 e. The quantitative estimate of drug-likeness (QED) is 0.529. The van der Waals surface area contributed by atoms with E-state index in [0.29, 0.717) is 30.6 Å². The van der Waals surface area contributed by atoms with Gasteiger partial charge >= 0.3 is 6.09 Å². The van der Waals surface area contributed by atoms with E-state index in [-0.39, 0.29) is 6.09 Å². The predicted octanol–water partition coefficient (Wildman–Crippen LogP) is 5.49. The van der Waals surface area contributed by atoms with Gasteiger partial charge < -0.3 is 14.2 Å². The fourth-order valence-electron chi connectivity index (χ4n) is 3.66. The Hall–Kier alpha value is -1.61. The van der Waals surface area contributed by atoms with Gasteiger partial charge in [-0.1, -0.05) is 48.2 Å². The number of rotatable bonds is 5. The number of thioether (sulfide) groups is 1. The average Bonchev–Trinajstić information content (AvgIpc) is 3.28. The summed E-state index contributed by atoms with van der Waals surface area (Å²) in [6.07, 6.45) is 2.07. The molecule has 2 heterocycles. The van der Waals surface area contributed by atoms with Crippen LogP contribution in [0.25, 0.3) is 0 Å². The standard InChI is InChI=1S/C23H29NO4S3/c1-22(2,3)27-20(25)24-12-13-26-16-18(24)23(28-21(29)30-4,19-11-8-14-31-19)15-17-9-6-5-7-10-17/h5-11,14,18H,12-13,15-16H2,1-4H3. The van der Waals surface area contributed by atoms with Crippen LogP contribution in [0.2, 0.25) is 0 Å². The minimum absolute atomic E-state index is 0.334. The number of morpholine rings is 1. The van der Waals surface area contributed by atoms with Crippen LogP contribution in [0.15, 0.2) is 47.8 Å². The molecule has 1 aromatic heterocycles. The van der Waals surface area contributed by atoms with Crippen molar-refractivity contribution in [1.29, 1.82) is 0 Å². The van der Waals surface area contributed by atoms with E-state index in [9.17, 15) is 4.79 Å². The van der Waals surface area contributed by atoms with Crippen molar-refractivity contribution >= 4 is 45.8 Å². The van der Waals surface area contributed by atoms with Gasteiger partial charge in [0.1, 0.15) is 11.6 Å². The molecule has 2 aromatic rings. The molecular weight excluding hydrogens is 450 g/mol. The Morgan fingerprint density at radius 3 is 2.58 bits per heavy atom. The second-order valence-electron chi connectivity index (χ2n) is 8.35. The van der Waals surface area contributed by atoms with Gasteiger partial charge in [-0.15, -0.1) is 11.3 Å². The maximum absolute atomic E-state index is 13.2. The summed E-state index contributed by atoms with van der Waals surface area (Å²) in [7, 11) is 0. The molecule has 0 radical (unpaired) electrons. The van der Waals surface area contributed by atoms with E-state index in [0.717, 1.165) is 10.4 Å². The summed E-state index contributed by atoms with van der Waals surface area (Å²) in [5, 5.41) is 2.02. The molecule has 1 aromatic carbocycles. The molecule has 2 unspecified atom stereocenters. The summed E-state index contributed by atoms with van der Waals surface area (Å²) in [6, 6.07) is 13.8. The Morgan fingerprint density at radius 1 is 1.23 bits per heavy atom. The lowest BCUT2D eigenvalue weighted by Gasteiger charge is -2.47. The zero-order valence-electron chi connectivity index (χ0n) is 18.3. The van der Waals surface area contributed by atoms with Gasteiger partial charge in [-0.25, -0.2) is 4.79 Å². The summed E-state index contributed by atoms with van der Waals surface area (Å²) < 4.78 is 18.6. The third-order valence-electron chi connectivity index (χ3n) is 4.97. The summed E-state index contributed by atoms with van der Waals surface area (Å²) in [5.74, 6) is 0. The molecule has 0 aliphatic carbocycles. The van der Waals surface area contributed by atoms with Crippen LogP contribution in [0.1, 0.15) is 31.2 Å². The number of carbonyl (C=O) groups is 1. The molecule has 5 nitrogen and oxygen atoms in total. The molecule has 3 rings (SSSR count). The number of nitrogens with zero attached hydrogens (tertiary/aromatic N) is 1. The summed E-state index contributed by atoms with van der Waals surface area (Å²) in [6.45, 7) is 6.83. The van der Waals surface area contributed by atoms with Gasteiger partial charge in [0.2, 0.25) is 4.38 Å². The highest BCUT2D eigenvalue weighted by molar-refractivity contribution is 8.22. The fraction of sp³-hybridized carbons (Fsp3) is 0.478. The molecule has 1 aliphatic heterocycles. The lowest BCUT2D eigenvalue weighted by Crippen LogP contribution is -2.61. The number of hydrogen-bond donors (Lipinski definition) is 0. The van der Waals surface area contributed by atoms with Gasteiger partial charge in [0, 0.05) is 13.0 Å². The first-order valence-electron chi connectivity index (χ1n) is 10.2. The number of thiocarbonyl (C=S) groups is 1. The second kappa shape index (κ2) is 10.3. The molecule has 168 valence electrons. The second-order valence-corrected chi connectivity index (χ2v) is 10.7. The molecule has 1 saturated heterocycles. The van der Waals surface area contributed by atoms with Crippen molar-refractivity contribution in [2.24, 2.45) is 0 Å². The fourth-order valence-corrected chi connectivity index (χ4v) is 4.95. The van der Waals surface area contributed by atoms with Crippen LogP contribution in [-0.4, -0.2) is 53.0 Å². The summed E-state index contributed by atoms with van der Waals surface area (Å²) in [4.78, 5) is 16.0. The van der Waals surface area contributed by atoms with E-state index in [1.165, 1.54) is 11.8 Å². The monoisotopic (exact) mass is 479 g/mol. The molecule has 31 heavy (non-hydrogen) atoms. The average molecular weight is 480 g/mol. The minimum atomic E-state index is -0.896. The van der Waals surface area contributed by atoms with Crippen molar-refractivity contribution in [2.45, 2.75) is 44.4 Å². The number of carbonyl (C=O) groups excluding carboxylic acids is 1. The van der Waals surface area contributed by atoms with Gasteiger partial charge in [0.15, 0.2) is 5.60 Å². The molecule has 1 fully saturated rings. The van der Waals surface area contributed by atoms with Gasteiger partial charge in [-0.05, 0) is 56.3 Å². The molecule has 1 amide bonds. The number of thiophene rings is 1. The molecule has 1 aliphatic rings. The van der Waals surface area contributed by atoms with Crippen LogP contribution in [-0.2, 0) is 26.2 Å². The summed E-state index contributed by atoms with van der Waals surface area (Å²) >= 11 is 8.50. The van der Waals surface area contributed by atoms with E-state index in [2.05, 4.69) is 12.1 Å². The lowest BCUT2D eigenvalue weighted by molar-refractivity contribution is -0.104. The highest BCUT2D eigenvalue weighted by atomic mass is 32.2. The molecule has 8 heteroatoms. The van der Waals surface area contributed by atoms with Crippen molar-refractivity contribution in [1.82, 2.24) is 4.90 Å². The zero-order valence-corrected chi connectivity index (χ0v) is 20.8. The Labute approximate surface area is 198 Å². The Kier molecular flexibility index (Phi) is 8.02. The Balaban J connectivity index is 2.09. The van der Waals surface area contributed by atoms with Crippen LogP contribution in [0.5, 0.6) is 0 Å². The number of ether oxygens (including phenoxy) is 3. The van der Waals surface area contributed by atoms with Crippen molar-refractivity contribution in [2.75, 3.05) is 26.0 Å². The van der Waals surface area contributed by atoms with Crippen LogP contribution in [0.3, 0.4) is 0 Å². The van der Waals surface area contributed by atoms with Crippen LogP contribution < -0.4 is 0 Å². The number of benzene rings is 1. The lowest BCUT2D eigenvalue weighted by atomic mass is 9.84. The number of hydrogen-bond acceptors (Lipinski definition) is 7. The van der Waals surface area contributed by atoms with Crippen LogP contribution >= 0.6 is 35.3 Å². The van der Waals surface area contributed by atoms with Gasteiger partial charge in [0.05, 0.1) is 18.1 Å². The van der Waals surface area contributed by atoms with Gasteiger partial charge in [0.25, 0.3) is 0 Å². The van der Waals surface area contributed by atoms with Crippen LogP contribution in [0, 0.1) is 0 Å². The van der Waals surface area contributed by atoms with E-state index < -0.39 is 17.2 Å². The van der Waals surface area contributed by atoms with Gasteiger partial charge in [-0.2, -0.15) is 0 Å². The highest BCUT2D eigenvalue weighted by Crippen LogP contribution is 2.41. The van der Waals surface area contributed by atoms with E-state index in [1.807, 2.05) is 62.7 Å². The smallest absolute Gasteiger partial charge is 0.410 e. The highest BCUT2D eigenvalue weighted by Gasteiger charge is 2.51. The van der Waals surface area contributed by atoms with Crippen molar-refractivity contribution in [3.63, 3.8) is 0 Å². The van der Waals surface area contributed by atoms with Crippen molar-refractivity contribution in [3.05, 3.63) is 58.3 Å². The first-order valence-corrected chi connectivity index (χ1v) is 12.7. The Bertz CT molecular complexity index is 867. The predicted molar refractivity (Wildman–Crippen MR) is 131 cm³/mol. The number of amides is 1. The topological polar surface area (TPSA) is 48.0 Å². The molecule has 0 spiro atoms. The Morgan fingerprint density at radius 2 is 1.97 bits per heavy atom. The maximum Gasteiger partial charge on any atom is 0.410 e. The SMILES string of the molecule is CSC(=S)OC(Cc1ccccc1)(c1cccs1)C1COCCN1C(=O)OC(C)(C)C. The maximum atomic E-state index is 13.2. The van der Waals surface area contributed by atoms with Gasteiger partial charge in [-0.3, -0.25) is 4.90 Å². The molecule has 0 bridgehead atoms. The van der Waals surface area contributed by atoms with E-state index in [1.54, 1.807) is 16.2 Å². The first kappa shape index (κ1) is 24.0.